The summed E-state index contributed by atoms with van der Waals surface area (Å²) in [5, 5.41) is 11.8. The zero-order valence-electron chi connectivity index (χ0n) is 10.9. The van der Waals surface area contributed by atoms with Crippen LogP contribution in [0.3, 0.4) is 0 Å². The summed E-state index contributed by atoms with van der Waals surface area (Å²) in [6.45, 7) is 1.53. The molecule has 0 aliphatic carbocycles. The summed E-state index contributed by atoms with van der Waals surface area (Å²) in [5.74, 6) is 0. The van der Waals surface area contributed by atoms with Crippen molar-refractivity contribution in [2.75, 3.05) is 32.1 Å². The van der Waals surface area contributed by atoms with Crippen LogP contribution in [0.1, 0.15) is 17.5 Å². The van der Waals surface area contributed by atoms with Crippen LogP contribution in [0.25, 0.3) is 0 Å². The number of nitrogens with zero attached hydrogens (tertiary/aromatic N) is 2. The third kappa shape index (κ3) is 4.14. The second kappa shape index (κ2) is 6.43. The van der Waals surface area contributed by atoms with Crippen molar-refractivity contribution in [3.05, 3.63) is 29.3 Å². The molecular formula is C13H16F3N3. The molecule has 0 atom stereocenters. The summed E-state index contributed by atoms with van der Waals surface area (Å²) in [4.78, 5) is 1.83. The Morgan fingerprint density at radius 2 is 2.05 bits per heavy atom. The quantitative estimate of drug-likeness (QED) is 0.837. The van der Waals surface area contributed by atoms with E-state index in [1.807, 2.05) is 11.9 Å². The fourth-order valence-electron chi connectivity index (χ4n) is 1.73. The maximum atomic E-state index is 12.6. The highest BCUT2D eigenvalue weighted by Gasteiger charge is 2.33. The molecule has 19 heavy (non-hydrogen) atoms. The lowest BCUT2D eigenvalue weighted by Gasteiger charge is -2.20. The van der Waals surface area contributed by atoms with Gasteiger partial charge < -0.3 is 10.2 Å². The molecule has 3 nitrogen and oxygen atoms in total. The van der Waals surface area contributed by atoms with Crippen LogP contribution in [0.5, 0.6) is 0 Å². The van der Waals surface area contributed by atoms with Crippen molar-refractivity contribution >= 4 is 5.69 Å². The molecule has 104 valence electrons. The van der Waals surface area contributed by atoms with Gasteiger partial charge in [-0.1, -0.05) is 0 Å². The van der Waals surface area contributed by atoms with Crippen molar-refractivity contribution < 1.29 is 13.2 Å². The van der Waals surface area contributed by atoms with Gasteiger partial charge in [0.1, 0.15) is 0 Å². The largest absolute Gasteiger partial charge is 0.417 e. The summed E-state index contributed by atoms with van der Waals surface area (Å²) in [7, 11) is 3.63. The Morgan fingerprint density at radius 3 is 2.58 bits per heavy atom. The molecule has 0 spiro atoms. The number of hydrogen-bond acceptors (Lipinski definition) is 3. The van der Waals surface area contributed by atoms with Crippen molar-refractivity contribution in [2.24, 2.45) is 0 Å². The minimum atomic E-state index is -4.49. The molecule has 0 amide bonds. The first-order valence-corrected chi connectivity index (χ1v) is 5.87. The molecule has 0 saturated carbocycles. The molecule has 0 heterocycles. The summed E-state index contributed by atoms with van der Waals surface area (Å²) in [6, 6.07) is 5.24. The fraction of sp³-hybridized carbons (Fsp3) is 0.462. The van der Waals surface area contributed by atoms with E-state index in [1.54, 1.807) is 13.1 Å². The van der Waals surface area contributed by atoms with E-state index in [2.05, 4.69) is 5.32 Å². The average Bonchev–Trinajstić information content (AvgIpc) is 2.37. The molecule has 6 heteroatoms. The van der Waals surface area contributed by atoms with Gasteiger partial charge in [-0.2, -0.15) is 18.4 Å². The Hall–Kier alpha value is -1.74. The molecule has 0 aliphatic rings. The topological polar surface area (TPSA) is 39.1 Å². The standard InChI is InChI=1S/C13H16F3N3/c1-18-6-3-7-19(2)11-4-5-12(13(14,15)16)10(8-11)9-17/h4-5,8,18H,3,6-7H2,1-2H3. The maximum absolute atomic E-state index is 12.6. The first kappa shape index (κ1) is 15.3. The maximum Gasteiger partial charge on any atom is 0.417 e. The number of halogens is 3. The second-order valence-electron chi connectivity index (χ2n) is 4.22. The number of nitrogens with one attached hydrogen (secondary N) is 1. The van der Waals surface area contributed by atoms with Crippen LogP contribution in [-0.2, 0) is 6.18 Å². The van der Waals surface area contributed by atoms with E-state index in [0.29, 0.717) is 12.2 Å². The van der Waals surface area contributed by atoms with E-state index >= 15 is 0 Å². The minimum Gasteiger partial charge on any atom is -0.375 e. The normalized spacial score (nSPS) is 11.2. The van der Waals surface area contributed by atoms with Crippen molar-refractivity contribution in [2.45, 2.75) is 12.6 Å². The van der Waals surface area contributed by atoms with E-state index < -0.39 is 11.7 Å². The number of rotatable bonds is 5. The Bertz CT molecular complexity index is 463. The summed E-state index contributed by atoms with van der Waals surface area (Å²) >= 11 is 0. The molecule has 1 aromatic carbocycles. The Morgan fingerprint density at radius 1 is 1.37 bits per heavy atom. The number of hydrogen-bond donors (Lipinski definition) is 1. The number of nitriles is 1. The molecule has 0 aliphatic heterocycles. The van der Waals surface area contributed by atoms with Gasteiger partial charge in [0, 0.05) is 19.3 Å². The van der Waals surface area contributed by atoms with Gasteiger partial charge in [0.05, 0.1) is 17.2 Å². The van der Waals surface area contributed by atoms with Gasteiger partial charge in [-0.05, 0) is 38.2 Å². The van der Waals surface area contributed by atoms with Crippen LogP contribution >= 0.6 is 0 Å². The fourth-order valence-corrected chi connectivity index (χ4v) is 1.73. The van der Waals surface area contributed by atoms with Crippen LogP contribution in [0, 0.1) is 11.3 Å². The third-order valence-corrected chi connectivity index (χ3v) is 2.79. The predicted octanol–water partition coefficient (Wildman–Crippen LogP) is 2.62. The highest BCUT2D eigenvalue weighted by molar-refractivity contribution is 5.54. The van der Waals surface area contributed by atoms with Gasteiger partial charge >= 0.3 is 6.18 Å². The first-order valence-electron chi connectivity index (χ1n) is 5.87. The van der Waals surface area contributed by atoms with Crippen molar-refractivity contribution in [1.82, 2.24) is 5.32 Å². The van der Waals surface area contributed by atoms with Crippen LogP contribution < -0.4 is 10.2 Å². The Labute approximate surface area is 110 Å². The molecule has 0 aromatic heterocycles. The molecule has 1 aromatic rings. The monoisotopic (exact) mass is 271 g/mol. The van der Waals surface area contributed by atoms with Gasteiger partial charge in [-0.15, -0.1) is 0 Å². The average molecular weight is 271 g/mol. The highest BCUT2D eigenvalue weighted by Crippen LogP contribution is 2.33. The molecular weight excluding hydrogens is 255 g/mol. The van der Waals surface area contributed by atoms with Crippen LogP contribution in [-0.4, -0.2) is 27.2 Å². The zero-order chi connectivity index (χ0) is 14.5. The van der Waals surface area contributed by atoms with E-state index in [4.69, 9.17) is 5.26 Å². The van der Waals surface area contributed by atoms with Crippen LogP contribution in [0.4, 0.5) is 18.9 Å². The first-order chi connectivity index (χ1) is 8.90. The second-order valence-corrected chi connectivity index (χ2v) is 4.22. The van der Waals surface area contributed by atoms with Crippen molar-refractivity contribution in [3.8, 4) is 6.07 Å². The summed E-state index contributed by atoms with van der Waals surface area (Å²) < 4.78 is 37.9. The van der Waals surface area contributed by atoms with Crippen LogP contribution in [0.15, 0.2) is 18.2 Å². The molecule has 0 radical (unpaired) electrons. The van der Waals surface area contributed by atoms with E-state index in [1.165, 1.54) is 12.1 Å². The van der Waals surface area contributed by atoms with E-state index in [9.17, 15) is 13.2 Å². The molecule has 0 saturated heterocycles. The van der Waals surface area contributed by atoms with Gasteiger partial charge in [-0.25, -0.2) is 0 Å². The summed E-state index contributed by atoms with van der Waals surface area (Å²) in [5.41, 5.74) is -0.617. The minimum absolute atomic E-state index is 0.342. The smallest absolute Gasteiger partial charge is 0.375 e. The third-order valence-electron chi connectivity index (χ3n) is 2.79. The van der Waals surface area contributed by atoms with Gasteiger partial charge in [0.15, 0.2) is 0 Å². The molecule has 0 bridgehead atoms. The number of benzene rings is 1. The van der Waals surface area contributed by atoms with E-state index in [-0.39, 0.29) is 5.56 Å². The van der Waals surface area contributed by atoms with Gasteiger partial charge in [0.25, 0.3) is 0 Å². The van der Waals surface area contributed by atoms with Crippen molar-refractivity contribution in [1.29, 1.82) is 5.26 Å². The molecule has 1 rings (SSSR count). The Kier molecular flexibility index (Phi) is 5.19. The zero-order valence-corrected chi connectivity index (χ0v) is 10.9. The van der Waals surface area contributed by atoms with Crippen molar-refractivity contribution in [3.63, 3.8) is 0 Å². The predicted molar refractivity (Wildman–Crippen MR) is 68.0 cm³/mol. The molecule has 0 unspecified atom stereocenters. The number of anilines is 1. The van der Waals surface area contributed by atoms with Crippen LogP contribution in [0.2, 0.25) is 0 Å². The highest BCUT2D eigenvalue weighted by atomic mass is 19.4. The Balaban J connectivity index is 2.92. The number of alkyl halides is 3. The van der Waals surface area contributed by atoms with E-state index in [0.717, 1.165) is 19.0 Å². The van der Waals surface area contributed by atoms with Gasteiger partial charge in [0.2, 0.25) is 0 Å². The lowest BCUT2D eigenvalue weighted by Crippen LogP contribution is -2.22. The lowest BCUT2D eigenvalue weighted by molar-refractivity contribution is -0.137. The molecule has 0 fully saturated rings. The van der Waals surface area contributed by atoms with Gasteiger partial charge in [-0.3, -0.25) is 0 Å². The lowest BCUT2D eigenvalue weighted by atomic mass is 10.1. The molecule has 1 N–H and O–H groups in total. The SMILES string of the molecule is CNCCCN(C)c1ccc(C(F)(F)F)c(C#N)c1. The summed E-state index contributed by atoms with van der Waals surface area (Å²) in [6.07, 6.45) is -3.62.